The first-order valence-electron chi connectivity index (χ1n) is 8.43. The molecule has 4 aromatic rings. The molecule has 136 valence electrons. The van der Waals surface area contributed by atoms with Crippen LogP contribution >= 0.6 is 23.2 Å². The topological polar surface area (TPSA) is 67.9 Å². The Morgan fingerprint density at radius 2 is 2.04 bits per heavy atom. The van der Waals surface area contributed by atoms with E-state index in [1.54, 1.807) is 18.3 Å². The van der Waals surface area contributed by atoms with E-state index in [-0.39, 0.29) is 18.3 Å². The minimum Gasteiger partial charge on any atom is -0.469 e. The highest BCUT2D eigenvalue weighted by molar-refractivity contribution is 6.38. The fraction of sp³-hybridized carbons (Fsp3) is 0.150. The van der Waals surface area contributed by atoms with Crippen molar-refractivity contribution in [2.75, 3.05) is 6.61 Å². The zero-order valence-corrected chi connectivity index (χ0v) is 15.9. The second-order valence-corrected chi connectivity index (χ2v) is 6.91. The van der Waals surface area contributed by atoms with E-state index in [2.05, 4.69) is 21.9 Å². The lowest BCUT2D eigenvalue weighted by molar-refractivity contribution is 0.0921. The van der Waals surface area contributed by atoms with Crippen molar-refractivity contribution in [2.45, 2.75) is 13.3 Å². The van der Waals surface area contributed by atoms with Gasteiger partial charge in [0.1, 0.15) is 6.33 Å². The zero-order valence-electron chi connectivity index (χ0n) is 14.4. The molecule has 27 heavy (non-hydrogen) atoms. The zero-order chi connectivity index (χ0) is 19.0. The molecule has 0 saturated heterocycles. The molecule has 5 nitrogen and oxygen atoms in total. The number of aromatic nitrogens is 3. The number of para-hydroxylation sites is 1. The van der Waals surface area contributed by atoms with Gasteiger partial charge in [0.15, 0.2) is 6.61 Å². The summed E-state index contributed by atoms with van der Waals surface area (Å²) in [4.78, 5) is 24.2. The smallest absolute Gasteiger partial charge is 0.225 e. The quantitative estimate of drug-likeness (QED) is 0.465. The van der Waals surface area contributed by atoms with Crippen molar-refractivity contribution in [3.05, 3.63) is 64.0 Å². The van der Waals surface area contributed by atoms with E-state index in [1.165, 1.54) is 11.9 Å². The average Bonchev–Trinajstić information content (AvgIpc) is 3.10. The number of nitrogens with zero attached hydrogens (tertiary/aromatic N) is 2. The third-order valence-corrected chi connectivity index (χ3v) is 4.95. The monoisotopic (exact) mass is 399 g/mol. The lowest BCUT2D eigenvalue weighted by Gasteiger charge is -2.08. The van der Waals surface area contributed by atoms with Crippen LogP contribution in [0.1, 0.15) is 22.8 Å². The van der Waals surface area contributed by atoms with Gasteiger partial charge in [-0.15, -0.1) is 0 Å². The minimum absolute atomic E-state index is 0.144. The van der Waals surface area contributed by atoms with Gasteiger partial charge in [-0.1, -0.05) is 48.3 Å². The van der Waals surface area contributed by atoms with Gasteiger partial charge in [-0.2, -0.15) is 0 Å². The number of carbonyl (C=O) groups is 1. The van der Waals surface area contributed by atoms with Crippen molar-refractivity contribution in [3.63, 3.8) is 0 Å². The number of ketones is 1. The van der Waals surface area contributed by atoms with E-state index in [9.17, 15) is 4.79 Å². The molecule has 4 rings (SSSR count). The molecular formula is C20H15Cl2N3O2. The van der Waals surface area contributed by atoms with Gasteiger partial charge >= 0.3 is 0 Å². The molecule has 0 spiro atoms. The van der Waals surface area contributed by atoms with E-state index < -0.39 is 0 Å². The Bertz CT molecular complexity index is 1170. The van der Waals surface area contributed by atoms with Crippen molar-refractivity contribution in [1.29, 1.82) is 0 Å². The molecule has 0 aliphatic carbocycles. The molecule has 0 aliphatic rings. The van der Waals surface area contributed by atoms with Crippen molar-refractivity contribution in [1.82, 2.24) is 15.0 Å². The van der Waals surface area contributed by atoms with Gasteiger partial charge in [0.2, 0.25) is 11.7 Å². The van der Waals surface area contributed by atoms with Crippen molar-refractivity contribution in [2.24, 2.45) is 0 Å². The normalized spacial score (nSPS) is 11.2. The average molecular weight is 400 g/mol. The van der Waals surface area contributed by atoms with Crippen LogP contribution in [-0.2, 0) is 6.42 Å². The Labute approximate surface area is 165 Å². The summed E-state index contributed by atoms with van der Waals surface area (Å²) in [5.41, 5.74) is 3.26. The number of fused-ring (bicyclic) bond motifs is 2. The van der Waals surface area contributed by atoms with E-state index in [0.29, 0.717) is 26.5 Å². The number of Topliss-reactive ketones (excluding diaryl/α,β-unsaturated/α-hetero) is 1. The van der Waals surface area contributed by atoms with Gasteiger partial charge in [-0.05, 0) is 24.1 Å². The van der Waals surface area contributed by atoms with Crippen LogP contribution < -0.4 is 4.74 Å². The molecule has 0 aliphatic heterocycles. The molecular weight excluding hydrogens is 385 g/mol. The van der Waals surface area contributed by atoms with Crippen molar-refractivity contribution >= 4 is 50.8 Å². The standard InChI is InChI=1S/C20H15Cl2N3O2/c1-2-11-4-3-5-13-15(8-23-18(11)13)17(26)9-27-20-14-6-12(21)7-16(22)19(14)24-10-25-20/h3-8,10,23H,2,9H2,1H3. The highest BCUT2D eigenvalue weighted by atomic mass is 35.5. The number of rotatable bonds is 5. The van der Waals surface area contributed by atoms with Crippen LogP contribution in [0.2, 0.25) is 10.0 Å². The Morgan fingerprint density at radius 3 is 2.85 bits per heavy atom. The minimum atomic E-state index is -0.153. The lowest BCUT2D eigenvalue weighted by atomic mass is 10.1. The summed E-state index contributed by atoms with van der Waals surface area (Å²) >= 11 is 12.2. The molecule has 2 heterocycles. The lowest BCUT2D eigenvalue weighted by Crippen LogP contribution is -2.12. The highest BCUT2D eigenvalue weighted by Crippen LogP contribution is 2.31. The maximum Gasteiger partial charge on any atom is 0.225 e. The molecule has 0 atom stereocenters. The molecule has 0 bridgehead atoms. The summed E-state index contributed by atoms with van der Waals surface area (Å²) in [6.45, 7) is 1.93. The number of aryl methyl sites for hydroxylation is 1. The summed E-state index contributed by atoms with van der Waals surface area (Å²) in [6.07, 6.45) is 3.96. The third kappa shape index (κ3) is 3.24. The first-order chi connectivity index (χ1) is 13.1. The van der Waals surface area contributed by atoms with Crippen LogP contribution in [0.4, 0.5) is 0 Å². The number of nitrogens with one attached hydrogen (secondary N) is 1. The third-order valence-electron chi connectivity index (χ3n) is 4.44. The first-order valence-corrected chi connectivity index (χ1v) is 9.18. The Balaban J connectivity index is 1.63. The van der Waals surface area contributed by atoms with Crippen LogP contribution in [0.25, 0.3) is 21.8 Å². The van der Waals surface area contributed by atoms with E-state index in [0.717, 1.165) is 17.3 Å². The predicted octanol–water partition coefficient (Wildman–Crippen LogP) is 5.24. The van der Waals surface area contributed by atoms with Crippen LogP contribution in [-0.4, -0.2) is 27.3 Å². The maximum absolute atomic E-state index is 12.7. The summed E-state index contributed by atoms with van der Waals surface area (Å²) in [7, 11) is 0. The van der Waals surface area contributed by atoms with Crippen LogP contribution in [0.5, 0.6) is 5.88 Å². The number of hydrogen-bond donors (Lipinski definition) is 1. The molecule has 2 aromatic heterocycles. The van der Waals surface area contributed by atoms with Crippen LogP contribution in [0.15, 0.2) is 42.9 Å². The fourth-order valence-electron chi connectivity index (χ4n) is 3.14. The predicted molar refractivity (Wildman–Crippen MR) is 107 cm³/mol. The summed E-state index contributed by atoms with van der Waals surface area (Å²) in [5, 5.41) is 2.30. The summed E-state index contributed by atoms with van der Waals surface area (Å²) in [6, 6.07) is 9.20. The maximum atomic E-state index is 12.7. The summed E-state index contributed by atoms with van der Waals surface area (Å²) in [5.74, 6) is 0.126. The number of ether oxygens (including phenoxy) is 1. The number of hydrogen-bond acceptors (Lipinski definition) is 4. The SMILES string of the molecule is CCc1cccc2c(C(=O)COc3ncnc4c(Cl)cc(Cl)cc34)c[nH]c12. The van der Waals surface area contributed by atoms with Crippen LogP contribution in [0, 0.1) is 0 Å². The van der Waals surface area contributed by atoms with Gasteiger partial charge in [0.25, 0.3) is 0 Å². The van der Waals surface area contributed by atoms with Crippen molar-refractivity contribution < 1.29 is 9.53 Å². The molecule has 1 N–H and O–H groups in total. The van der Waals surface area contributed by atoms with E-state index in [1.807, 2.05) is 18.2 Å². The number of aromatic amines is 1. The van der Waals surface area contributed by atoms with Gasteiger partial charge in [0.05, 0.1) is 15.9 Å². The van der Waals surface area contributed by atoms with E-state index >= 15 is 0 Å². The van der Waals surface area contributed by atoms with Crippen LogP contribution in [0.3, 0.4) is 0 Å². The molecule has 2 aromatic carbocycles. The Kier molecular flexibility index (Phi) is 4.72. The van der Waals surface area contributed by atoms with Gasteiger partial charge < -0.3 is 9.72 Å². The fourth-order valence-corrected chi connectivity index (χ4v) is 3.68. The molecule has 7 heteroatoms. The molecule has 0 saturated carbocycles. The first kappa shape index (κ1) is 17.8. The highest BCUT2D eigenvalue weighted by Gasteiger charge is 2.16. The number of carbonyl (C=O) groups excluding carboxylic acids is 1. The van der Waals surface area contributed by atoms with Gasteiger partial charge in [0, 0.05) is 27.7 Å². The summed E-state index contributed by atoms with van der Waals surface area (Å²) < 4.78 is 5.69. The second kappa shape index (κ2) is 7.18. The second-order valence-electron chi connectivity index (χ2n) is 6.07. The molecule has 0 radical (unpaired) electrons. The Morgan fingerprint density at radius 1 is 1.19 bits per heavy atom. The molecule has 0 amide bonds. The Hall–Kier alpha value is -2.63. The largest absolute Gasteiger partial charge is 0.469 e. The number of benzene rings is 2. The van der Waals surface area contributed by atoms with Crippen molar-refractivity contribution in [3.8, 4) is 5.88 Å². The number of H-pyrrole nitrogens is 1. The molecule has 0 unspecified atom stereocenters. The number of halogens is 2. The van der Waals surface area contributed by atoms with E-state index in [4.69, 9.17) is 27.9 Å². The van der Waals surface area contributed by atoms with Gasteiger partial charge in [-0.3, -0.25) is 4.79 Å². The van der Waals surface area contributed by atoms with Gasteiger partial charge in [-0.25, -0.2) is 9.97 Å². The molecule has 0 fully saturated rings.